The molecule has 1 aromatic heterocycles. The number of aryl methyl sites for hydroxylation is 1. The molecule has 1 fully saturated rings. The monoisotopic (exact) mass is 301 g/mol. The second-order valence-electron chi connectivity index (χ2n) is 6.14. The molecule has 5 heteroatoms. The molecule has 4 nitrogen and oxygen atoms in total. The average molecular weight is 302 g/mol. The Morgan fingerprint density at radius 2 is 1.90 bits per heavy atom. The molecule has 2 aromatic rings. The summed E-state index contributed by atoms with van der Waals surface area (Å²) in [5, 5.41) is 10.4. The standard InChI is InChI=1S/C16H16ClN3O/c1-9-10-7-12-13(8-11(10)14(17)19-18-9)20(2)15(21)16(12)5-3-4-6-16/h7-8H,3-6H2,1-2H3. The maximum absolute atomic E-state index is 12.8. The van der Waals surface area contributed by atoms with Gasteiger partial charge < -0.3 is 4.90 Å². The van der Waals surface area contributed by atoms with Crippen LogP contribution in [0.15, 0.2) is 12.1 Å². The lowest BCUT2D eigenvalue weighted by molar-refractivity contribution is -0.122. The molecule has 4 rings (SSSR count). The number of anilines is 1. The van der Waals surface area contributed by atoms with Gasteiger partial charge in [-0.25, -0.2) is 0 Å². The zero-order valence-electron chi connectivity index (χ0n) is 12.1. The minimum absolute atomic E-state index is 0.222. The fraction of sp³-hybridized carbons (Fsp3) is 0.438. The first-order valence-corrected chi connectivity index (χ1v) is 7.67. The van der Waals surface area contributed by atoms with Gasteiger partial charge in [-0.2, -0.15) is 5.10 Å². The molecule has 0 N–H and O–H groups in total. The van der Waals surface area contributed by atoms with Crippen molar-refractivity contribution in [1.82, 2.24) is 10.2 Å². The van der Waals surface area contributed by atoms with Crippen LogP contribution in [0.1, 0.15) is 36.9 Å². The summed E-state index contributed by atoms with van der Waals surface area (Å²) in [5.41, 5.74) is 2.66. The van der Waals surface area contributed by atoms with Crippen molar-refractivity contribution in [2.75, 3.05) is 11.9 Å². The number of carbonyl (C=O) groups is 1. The Balaban J connectivity index is 2.08. The molecule has 1 aliphatic carbocycles. The smallest absolute Gasteiger partial charge is 0.237 e. The van der Waals surface area contributed by atoms with Crippen molar-refractivity contribution in [2.24, 2.45) is 0 Å². The van der Waals surface area contributed by atoms with Crippen LogP contribution in [0.25, 0.3) is 10.8 Å². The Hall–Kier alpha value is -1.68. The Morgan fingerprint density at radius 3 is 2.62 bits per heavy atom. The molecule has 1 aromatic carbocycles. The van der Waals surface area contributed by atoms with E-state index in [-0.39, 0.29) is 11.3 Å². The lowest BCUT2D eigenvalue weighted by atomic mass is 9.79. The number of amides is 1. The molecule has 0 bridgehead atoms. The second-order valence-corrected chi connectivity index (χ2v) is 6.50. The van der Waals surface area contributed by atoms with E-state index in [0.29, 0.717) is 5.15 Å². The summed E-state index contributed by atoms with van der Waals surface area (Å²) < 4.78 is 0. The third kappa shape index (κ3) is 1.54. The number of hydrogen-bond donors (Lipinski definition) is 0. The number of hydrogen-bond acceptors (Lipinski definition) is 3. The first-order chi connectivity index (χ1) is 10.0. The van der Waals surface area contributed by atoms with Crippen molar-refractivity contribution in [3.63, 3.8) is 0 Å². The second kappa shape index (κ2) is 4.17. The van der Waals surface area contributed by atoms with Gasteiger partial charge >= 0.3 is 0 Å². The van der Waals surface area contributed by atoms with E-state index in [4.69, 9.17) is 11.6 Å². The van der Waals surface area contributed by atoms with Crippen LogP contribution in [0.3, 0.4) is 0 Å². The normalized spacial score (nSPS) is 19.8. The van der Waals surface area contributed by atoms with Gasteiger partial charge in [0, 0.05) is 23.5 Å². The summed E-state index contributed by atoms with van der Waals surface area (Å²) >= 11 is 6.19. The van der Waals surface area contributed by atoms with Gasteiger partial charge in [0.15, 0.2) is 5.15 Å². The summed E-state index contributed by atoms with van der Waals surface area (Å²) in [4.78, 5) is 14.6. The van der Waals surface area contributed by atoms with Gasteiger partial charge in [-0.1, -0.05) is 24.4 Å². The number of halogens is 1. The minimum atomic E-state index is -0.319. The van der Waals surface area contributed by atoms with Gasteiger partial charge in [-0.05, 0) is 37.5 Å². The van der Waals surface area contributed by atoms with Crippen LogP contribution >= 0.6 is 11.6 Å². The molecule has 0 unspecified atom stereocenters. The van der Waals surface area contributed by atoms with Gasteiger partial charge in [0.2, 0.25) is 5.91 Å². The first-order valence-electron chi connectivity index (χ1n) is 7.30. The molecular weight excluding hydrogens is 286 g/mol. The van der Waals surface area contributed by atoms with Crippen LogP contribution in [-0.4, -0.2) is 23.2 Å². The van der Waals surface area contributed by atoms with E-state index in [0.717, 1.165) is 53.4 Å². The maximum atomic E-state index is 12.8. The number of rotatable bonds is 0. The summed E-state index contributed by atoms with van der Waals surface area (Å²) in [7, 11) is 1.86. The average Bonchev–Trinajstić information content (AvgIpc) is 3.05. The summed E-state index contributed by atoms with van der Waals surface area (Å²) in [6, 6.07) is 4.12. The fourth-order valence-corrected chi connectivity index (χ4v) is 4.15. The molecule has 1 spiro atoms. The lowest BCUT2D eigenvalue weighted by Crippen LogP contribution is -2.36. The molecule has 1 saturated carbocycles. The van der Waals surface area contributed by atoms with Crippen molar-refractivity contribution in [3.05, 3.63) is 28.5 Å². The number of fused-ring (bicyclic) bond motifs is 3. The van der Waals surface area contributed by atoms with E-state index in [1.165, 1.54) is 0 Å². The van der Waals surface area contributed by atoms with Crippen LogP contribution in [0.2, 0.25) is 5.15 Å². The highest BCUT2D eigenvalue weighted by Gasteiger charge is 2.51. The highest BCUT2D eigenvalue weighted by atomic mass is 35.5. The zero-order valence-corrected chi connectivity index (χ0v) is 12.9. The maximum Gasteiger partial charge on any atom is 0.237 e. The highest BCUT2D eigenvalue weighted by Crippen LogP contribution is 2.52. The summed E-state index contributed by atoms with van der Waals surface area (Å²) in [6.07, 6.45) is 4.12. The molecule has 0 saturated heterocycles. The van der Waals surface area contributed by atoms with Crippen LogP contribution in [-0.2, 0) is 10.2 Å². The van der Waals surface area contributed by atoms with Gasteiger partial charge in [0.05, 0.1) is 11.1 Å². The number of likely N-dealkylation sites (N-methyl/N-ethyl adjacent to an activating group) is 1. The molecule has 1 amide bonds. The predicted octanol–water partition coefficient (Wildman–Crippen LogP) is 3.38. The van der Waals surface area contributed by atoms with Crippen molar-refractivity contribution >= 4 is 34.0 Å². The van der Waals surface area contributed by atoms with E-state index in [2.05, 4.69) is 16.3 Å². The van der Waals surface area contributed by atoms with Gasteiger partial charge in [0.1, 0.15) is 0 Å². The lowest BCUT2D eigenvalue weighted by Gasteiger charge is -2.21. The highest BCUT2D eigenvalue weighted by molar-refractivity contribution is 6.34. The van der Waals surface area contributed by atoms with E-state index in [9.17, 15) is 4.79 Å². The number of aromatic nitrogens is 2. The quantitative estimate of drug-likeness (QED) is 0.749. The number of benzene rings is 1. The number of carbonyl (C=O) groups excluding carboxylic acids is 1. The molecule has 21 heavy (non-hydrogen) atoms. The molecule has 0 atom stereocenters. The van der Waals surface area contributed by atoms with Crippen molar-refractivity contribution in [3.8, 4) is 0 Å². The molecule has 108 valence electrons. The zero-order chi connectivity index (χ0) is 14.8. The molecular formula is C16H16ClN3O. The molecule has 2 heterocycles. The first kappa shape index (κ1) is 13.0. The van der Waals surface area contributed by atoms with E-state index in [1.54, 1.807) is 4.90 Å². The van der Waals surface area contributed by atoms with Crippen LogP contribution < -0.4 is 4.90 Å². The van der Waals surface area contributed by atoms with E-state index in [1.807, 2.05) is 20.0 Å². The summed E-state index contributed by atoms with van der Waals surface area (Å²) in [5.74, 6) is 0.222. The Morgan fingerprint density at radius 1 is 1.19 bits per heavy atom. The largest absolute Gasteiger partial charge is 0.314 e. The molecule has 0 radical (unpaired) electrons. The Bertz CT molecular complexity index is 781. The third-order valence-electron chi connectivity index (χ3n) is 5.08. The van der Waals surface area contributed by atoms with E-state index < -0.39 is 0 Å². The molecule has 2 aliphatic rings. The topological polar surface area (TPSA) is 46.1 Å². The van der Waals surface area contributed by atoms with Crippen molar-refractivity contribution in [1.29, 1.82) is 0 Å². The van der Waals surface area contributed by atoms with Crippen LogP contribution in [0.4, 0.5) is 5.69 Å². The van der Waals surface area contributed by atoms with Gasteiger partial charge in [0.25, 0.3) is 0 Å². The minimum Gasteiger partial charge on any atom is -0.314 e. The Kier molecular flexibility index (Phi) is 2.58. The number of nitrogens with zero attached hydrogens (tertiary/aromatic N) is 3. The Labute approximate surface area is 128 Å². The SMILES string of the molecule is Cc1nnc(Cl)c2cc3c(cc12)C1(CCCC1)C(=O)N3C. The summed E-state index contributed by atoms with van der Waals surface area (Å²) in [6.45, 7) is 1.93. The van der Waals surface area contributed by atoms with Crippen LogP contribution in [0, 0.1) is 6.92 Å². The van der Waals surface area contributed by atoms with Crippen molar-refractivity contribution in [2.45, 2.75) is 38.0 Å². The van der Waals surface area contributed by atoms with Crippen molar-refractivity contribution < 1.29 is 4.79 Å². The fourth-order valence-electron chi connectivity index (χ4n) is 3.95. The molecule has 1 aliphatic heterocycles. The van der Waals surface area contributed by atoms with Crippen LogP contribution in [0.5, 0.6) is 0 Å². The third-order valence-corrected chi connectivity index (χ3v) is 5.36. The van der Waals surface area contributed by atoms with Gasteiger partial charge in [-0.3, -0.25) is 4.79 Å². The predicted molar refractivity (Wildman–Crippen MR) is 82.8 cm³/mol. The van der Waals surface area contributed by atoms with E-state index >= 15 is 0 Å². The van der Waals surface area contributed by atoms with Gasteiger partial charge in [-0.15, -0.1) is 5.10 Å².